The van der Waals surface area contributed by atoms with E-state index in [2.05, 4.69) is 37.3 Å². The molecule has 0 saturated carbocycles. The Balaban J connectivity index is 1.17. The van der Waals surface area contributed by atoms with Gasteiger partial charge in [0.1, 0.15) is 29.4 Å². The lowest BCUT2D eigenvalue weighted by molar-refractivity contribution is -0.116. The first kappa shape index (κ1) is 29.6. The lowest BCUT2D eigenvalue weighted by Gasteiger charge is -2.15. The molecule has 1 fully saturated rings. The number of hydrogen-bond donors (Lipinski definition) is 3. The SMILES string of the molecule is CCCCC(=O)Nc1cncc(-c2ccc3[nH]nc(-c4cc5c(-c6cc(F)cc(OCCN7CCCC7)c6)cccc5[nH]4)c3n2)c1. The Labute approximate surface area is 266 Å². The zero-order valence-electron chi connectivity index (χ0n) is 25.8. The Hall–Kier alpha value is -5.09. The molecule has 7 rings (SSSR count). The average molecular weight is 618 g/mol. The van der Waals surface area contributed by atoms with E-state index >= 15 is 0 Å². The van der Waals surface area contributed by atoms with E-state index in [0.29, 0.717) is 41.4 Å². The Kier molecular flexibility index (Phi) is 8.43. The number of halogens is 1. The Bertz CT molecular complexity index is 2010. The van der Waals surface area contributed by atoms with Crippen molar-refractivity contribution in [1.82, 2.24) is 30.0 Å². The largest absolute Gasteiger partial charge is 0.492 e. The van der Waals surface area contributed by atoms with E-state index in [1.807, 2.05) is 48.5 Å². The molecular formula is C36H36FN7O2. The van der Waals surface area contributed by atoms with Crippen LogP contribution in [-0.4, -0.2) is 62.2 Å². The maximum atomic E-state index is 14.8. The molecule has 10 heteroatoms. The van der Waals surface area contributed by atoms with E-state index in [9.17, 15) is 9.18 Å². The van der Waals surface area contributed by atoms with Crippen molar-refractivity contribution >= 4 is 33.5 Å². The molecule has 1 aliphatic rings. The van der Waals surface area contributed by atoms with E-state index < -0.39 is 0 Å². The molecule has 6 aromatic rings. The van der Waals surface area contributed by atoms with Crippen LogP contribution in [0.15, 0.2) is 73.1 Å². The lowest BCUT2D eigenvalue weighted by Crippen LogP contribution is -2.25. The van der Waals surface area contributed by atoms with E-state index in [1.165, 1.54) is 18.9 Å². The van der Waals surface area contributed by atoms with Gasteiger partial charge in [-0.25, -0.2) is 9.37 Å². The number of ether oxygens (including phenoxy) is 1. The fraction of sp³-hybridized carbons (Fsp3) is 0.278. The van der Waals surface area contributed by atoms with E-state index in [1.54, 1.807) is 18.5 Å². The average Bonchev–Trinajstić information content (AvgIpc) is 3.83. The minimum atomic E-state index is -0.337. The van der Waals surface area contributed by atoms with Gasteiger partial charge in [0.05, 0.1) is 28.8 Å². The molecule has 1 saturated heterocycles. The van der Waals surface area contributed by atoms with Crippen molar-refractivity contribution < 1.29 is 13.9 Å². The number of carbonyl (C=O) groups excluding carboxylic acids is 1. The number of unbranched alkanes of at least 4 members (excludes halogenated alkanes) is 1. The summed E-state index contributed by atoms with van der Waals surface area (Å²) in [6.45, 7) is 5.62. The van der Waals surface area contributed by atoms with Crippen LogP contribution in [0.4, 0.5) is 10.1 Å². The minimum Gasteiger partial charge on any atom is -0.492 e. The third-order valence-corrected chi connectivity index (χ3v) is 8.46. The summed E-state index contributed by atoms with van der Waals surface area (Å²) in [5.41, 5.74) is 7.60. The van der Waals surface area contributed by atoms with Gasteiger partial charge < -0.3 is 15.0 Å². The second kappa shape index (κ2) is 13.1. The Morgan fingerprint density at radius 2 is 1.91 bits per heavy atom. The van der Waals surface area contributed by atoms with Gasteiger partial charge >= 0.3 is 0 Å². The maximum absolute atomic E-state index is 14.8. The monoisotopic (exact) mass is 617 g/mol. The van der Waals surface area contributed by atoms with Gasteiger partial charge in [-0.05, 0) is 85.9 Å². The van der Waals surface area contributed by atoms with Crippen molar-refractivity contribution in [3.63, 3.8) is 0 Å². The summed E-state index contributed by atoms with van der Waals surface area (Å²) < 4.78 is 20.8. The fourth-order valence-corrected chi connectivity index (χ4v) is 6.09. The number of pyridine rings is 2. The van der Waals surface area contributed by atoms with Gasteiger partial charge in [-0.1, -0.05) is 25.5 Å². The normalized spacial score (nSPS) is 13.5. The second-order valence-electron chi connectivity index (χ2n) is 11.8. The van der Waals surface area contributed by atoms with Crippen molar-refractivity contribution in [3.8, 4) is 39.5 Å². The number of carbonyl (C=O) groups is 1. The molecule has 0 radical (unpaired) electrons. The summed E-state index contributed by atoms with van der Waals surface area (Å²) in [7, 11) is 0. The molecular weight excluding hydrogens is 581 g/mol. The lowest BCUT2D eigenvalue weighted by atomic mass is 10.0. The topological polar surface area (TPSA) is 112 Å². The number of benzene rings is 2. The number of aromatic nitrogens is 5. The van der Waals surface area contributed by atoms with E-state index in [4.69, 9.17) is 9.72 Å². The van der Waals surface area contributed by atoms with Gasteiger partial charge in [-0.2, -0.15) is 5.10 Å². The van der Waals surface area contributed by atoms with Crippen LogP contribution in [0.5, 0.6) is 5.75 Å². The van der Waals surface area contributed by atoms with Gasteiger partial charge in [0, 0.05) is 41.7 Å². The molecule has 0 atom stereocenters. The fourth-order valence-electron chi connectivity index (χ4n) is 6.09. The van der Waals surface area contributed by atoms with Gasteiger partial charge in [-0.15, -0.1) is 0 Å². The van der Waals surface area contributed by atoms with Gasteiger partial charge in [0.2, 0.25) is 5.91 Å². The van der Waals surface area contributed by atoms with Crippen molar-refractivity contribution in [2.45, 2.75) is 39.0 Å². The number of nitrogens with zero attached hydrogens (tertiary/aromatic N) is 4. The smallest absolute Gasteiger partial charge is 0.224 e. The Morgan fingerprint density at radius 3 is 2.78 bits per heavy atom. The second-order valence-corrected chi connectivity index (χ2v) is 11.8. The van der Waals surface area contributed by atoms with Crippen molar-refractivity contribution in [2.75, 3.05) is 31.6 Å². The zero-order chi connectivity index (χ0) is 31.5. The standard InChI is InChI=1S/C36H36FN7O2/c1-2-3-9-34(45)39-26-17-24(21-38-22-26)30-10-11-32-35(41-30)36(43-42-32)33-20-29-28(7-6-8-31(29)40-33)23-16-25(37)19-27(18-23)46-15-14-44-12-4-5-13-44/h6-8,10-11,16-22,40H,2-5,9,12-15H2,1H3,(H,39,45)(H,42,43). The Morgan fingerprint density at radius 1 is 1.02 bits per heavy atom. The number of fused-ring (bicyclic) bond motifs is 2. The quantitative estimate of drug-likeness (QED) is 0.138. The van der Waals surface area contributed by atoms with Crippen LogP contribution in [0, 0.1) is 5.82 Å². The van der Waals surface area contributed by atoms with E-state index in [-0.39, 0.29) is 11.7 Å². The molecule has 3 N–H and O–H groups in total. The molecule has 46 heavy (non-hydrogen) atoms. The highest BCUT2D eigenvalue weighted by Gasteiger charge is 2.17. The number of rotatable bonds is 11. The summed E-state index contributed by atoms with van der Waals surface area (Å²) in [5, 5.41) is 11.6. The number of amides is 1. The van der Waals surface area contributed by atoms with E-state index in [0.717, 1.165) is 71.3 Å². The predicted octanol–water partition coefficient (Wildman–Crippen LogP) is 7.58. The third-order valence-electron chi connectivity index (χ3n) is 8.46. The first-order valence-corrected chi connectivity index (χ1v) is 15.9. The highest BCUT2D eigenvalue weighted by Crippen LogP contribution is 2.36. The minimum absolute atomic E-state index is 0.0287. The van der Waals surface area contributed by atoms with Crippen LogP contribution in [-0.2, 0) is 4.79 Å². The molecule has 4 aromatic heterocycles. The molecule has 0 unspecified atom stereocenters. The third kappa shape index (κ3) is 6.34. The molecule has 1 aliphatic heterocycles. The number of anilines is 1. The molecule has 0 bridgehead atoms. The predicted molar refractivity (Wildman–Crippen MR) is 179 cm³/mol. The van der Waals surface area contributed by atoms with Crippen LogP contribution in [0.3, 0.4) is 0 Å². The number of aromatic amines is 2. The summed E-state index contributed by atoms with van der Waals surface area (Å²) in [6, 6.07) is 18.6. The highest BCUT2D eigenvalue weighted by atomic mass is 19.1. The molecule has 0 spiro atoms. The summed E-state index contributed by atoms with van der Waals surface area (Å²) >= 11 is 0. The van der Waals surface area contributed by atoms with Crippen LogP contribution in [0.1, 0.15) is 39.0 Å². The molecule has 9 nitrogen and oxygen atoms in total. The first-order valence-electron chi connectivity index (χ1n) is 15.9. The summed E-state index contributed by atoms with van der Waals surface area (Å²) in [5.74, 6) is 0.158. The van der Waals surface area contributed by atoms with Crippen LogP contribution >= 0.6 is 0 Å². The maximum Gasteiger partial charge on any atom is 0.224 e. The number of nitrogens with one attached hydrogen (secondary N) is 3. The van der Waals surface area contributed by atoms with Gasteiger partial charge in [0.25, 0.3) is 0 Å². The van der Waals surface area contributed by atoms with Crippen molar-refractivity contribution in [2.24, 2.45) is 0 Å². The van der Waals surface area contributed by atoms with Gasteiger partial charge in [-0.3, -0.25) is 19.8 Å². The molecule has 2 aromatic carbocycles. The van der Waals surface area contributed by atoms with Crippen LogP contribution in [0.25, 0.3) is 55.7 Å². The summed E-state index contributed by atoms with van der Waals surface area (Å²) in [4.78, 5) is 27.4. The molecule has 5 heterocycles. The number of H-pyrrole nitrogens is 2. The number of likely N-dealkylation sites (tertiary alicyclic amines) is 1. The highest BCUT2D eigenvalue weighted by molar-refractivity contribution is 6.00. The van der Waals surface area contributed by atoms with Crippen molar-refractivity contribution in [3.05, 3.63) is 78.9 Å². The van der Waals surface area contributed by atoms with Gasteiger partial charge in [0.15, 0.2) is 0 Å². The number of hydrogen-bond acceptors (Lipinski definition) is 6. The summed E-state index contributed by atoms with van der Waals surface area (Å²) in [6.07, 6.45) is 8.09. The first-order chi connectivity index (χ1) is 22.5. The molecule has 234 valence electrons. The van der Waals surface area contributed by atoms with Crippen LogP contribution in [0.2, 0.25) is 0 Å². The zero-order valence-corrected chi connectivity index (χ0v) is 25.8. The van der Waals surface area contributed by atoms with Crippen LogP contribution < -0.4 is 10.1 Å². The molecule has 0 aliphatic carbocycles. The molecule has 1 amide bonds. The van der Waals surface area contributed by atoms with Crippen molar-refractivity contribution in [1.29, 1.82) is 0 Å².